The number of nitriles is 1. The molecule has 1 aliphatic heterocycles. The van der Waals surface area contributed by atoms with Crippen molar-refractivity contribution >= 4 is 17.8 Å². The van der Waals surface area contributed by atoms with Crippen molar-refractivity contribution in [3.63, 3.8) is 0 Å². The molecule has 122 valence electrons. The average molecular weight is 324 g/mol. The van der Waals surface area contributed by atoms with Gasteiger partial charge in [-0.1, -0.05) is 6.07 Å². The summed E-state index contributed by atoms with van der Waals surface area (Å²) in [4.78, 5) is 25.9. The summed E-state index contributed by atoms with van der Waals surface area (Å²) in [5.41, 5.74) is 2.40. The van der Waals surface area contributed by atoms with E-state index in [9.17, 15) is 9.59 Å². The van der Waals surface area contributed by atoms with Crippen LogP contribution in [-0.4, -0.2) is 33.6 Å². The summed E-state index contributed by atoms with van der Waals surface area (Å²) in [6.45, 7) is 3.22. The molecule has 3 N–H and O–H groups in total. The van der Waals surface area contributed by atoms with E-state index >= 15 is 0 Å². The maximum Gasteiger partial charge on any atom is 0.318 e. The molecule has 1 aromatic heterocycles. The van der Waals surface area contributed by atoms with Crippen molar-refractivity contribution in [1.29, 1.82) is 5.26 Å². The standard InChI is InChI=1S/C16H16N6O2/c1-2-18-16(24)22-8-12-13(9-22)20-21-14(12)19-15(23)11-5-3-4-10(6-11)7-17/h3-6H,2,8-9H2,1H3,(H,18,24)(H2,19,20,21,23). The van der Waals surface area contributed by atoms with Crippen molar-refractivity contribution in [2.24, 2.45) is 0 Å². The molecule has 24 heavy (non-hydrogen) atoms. The zero-order chi connectivity index (χ0) is 17.1. The van der Waals surface area contributed by atoms with Gasteiger partial charge in [0, 0.05) is 17.7 Å². The zero-order valence-electron chi connectivity index (χ0n) is 13.1. The fourth-order valence-electron chi connectivity index (χ4n) is 2.56. The molecule has 2 heterocycles. The van der Waals surface area contributed by atoms with E-state index in [0.717, 1.165) is 11.3 Å². The Morgan fingerprint density at radius 3 is 3.00 bits per heavy atom. The number of benzene rings is 1. The molecule has 3 rings (SSSR count). The minimum absolute atomic E-state index is 0.152. The van der Waals surface area contributed by atoms with E-state index in [0.29, 0.717) is 36.6 Å². The van der Waals surface area contributed by atoms with Gasteiger partial charge in [0.15, 0.2) is 5.82 Å². The number of hydrogen-bond donors (Lipinski definition) is 3. The van der Waals surface area contributed by atoms with Crippen LogP contribution >= 0.6 is 0 Å². The second kappa shape index (κ2) is 6.42. The number of nitrogens with one attached hydrogen (secondary N) is 3. The van der Waals surface area contributed by atoms with Crippen LogP contribution in [0.15, 0.2) is 24.3 Å². The van der Waals surface area contributed by atoms with Gasteiger partial charge in [0.1, 0.15) is 0 Å². The minimum Gasteiger partial charge on any atom is -0.338 e. The highest BCUT2D eigenvalue weighted by molar-refractivity contribution is 6.04. The lowest BCUT2D eigenvalue weighted by Gasteiger charge is -2.15. The van der Waals surface area contributed by atoms with Gasteiger partial charge in [0.2, 0.25) is 0 Å². The summed E-state index contributed by atoms with van der Waals surface area (Å²) >= 11 is 0. The van der Waals surface area contributed by atoms with E-state index in [1.807, 2.05) is 13.0 Å². The topological polar surface area (TPSA) is 114 Å². The van der Waals surface area contributed by atoms with Gasteiger partial charge in [0.25, 0.3) is 5.91 Å². The molecule has 0 fully saturated rings. The van der Waals surface area contributed by atoms with Crippen LogP contribution in [0.5, 0.6) is 0 Å². The number of nitrogens with zero attached hydrogens (tertiary/aromatic N) is 3. The van der Waals surface area contributed by atoms with Gasteiger partial charge in [-0.15, -0.1) is 0 Å². The van der Waals surface area contributed by atoms with Crippen molar-refractivity contribution in [2.75, 3.05) is 11.9 Å². The Kier molecular flexibility index (Phi) is 4.16. The quantitative estimate of drug-likeness (QED) is 0.795. The molecule has 0 radical (unpaired) electrons. The van der Waals surface area contributed by atoms with E-state index in [4.69, 9.17) is 5.26 Å². The molecule has 0 aliphatic carbocycles. The SMILES string of the molecule is CCNC(=O)N1Cc2[nH]nc(NC(=O)c3cccc(C#N)c3)c2C1. The molecule has 8 heteroatoms. The van der Waals surface area contributed by atoms with E-state index in [1.165, 1.54) is 6.07 Å². The molecule has 3 amide bonds. The summed E-state index contributed by atoms with van der Waals surface area (Å²) in [5, 5.41) is 21.3. The molecule has 0 bridgehead atoms. The Labute approximate surface area is 138 Å². The van der Waals surface area contributed by atoms with Gasteiger partial charge < -0.3 is 15.5 Å². The van der Waals surface area contributed by atoms with E-state index in [1.54, 1.807) is 23.1 Å². The van der Waals surface area contributed by atoms with Gasteiger partial charge >= 0.3 is 6.03 Å². The van der Waals surface area contributed by atoms with Gasteiger partial charge in [-0.3, -0.25) is 9.89 Å². The van der Waals surface area contributed by atoms with Gasteiger partial charge in [-0.2, -0.15) is 10.4 Å². The Balaban J connectivity index is 1.74. The minimum atomic E-state index is -0.349. The van der Waals surface area contributed by atoms with Crippen LogP contribution in [0.2, 0.25) is 0 Å². The first-order valence-corrected chi connectivity index (χ1v) is 7.52. The molecule has 0 saturated heterocycles. The molecule has 0 unspecified atom stereocenters. The lowest BCUT2D eigenvalue weighted by molar-refractivity contribution is 0.102. The van der Waals surface area contributed by atoms with Gasteiger partial charge in [0.05, 0.1) is 30.4 Å². The van der Waals surface area contributed by atoms with Crippen molar-refractivity contribution in [1.82, 2.24) is 20.4 Å². The van der Waals surface area contributed by atoms with E-state index < -0.39 is 0 Å². The van der Waals surface area contributed by atoms with E-state index in [-0.39, 0.29) is 11.9 Å². The predicted octanol–water partition coefficient (Wildman–Crippen LogP) is 1.58. The zero-order valence-corrected chi connectivity index (χ0v) is 13.1. The number of fused-ring (bicyclic) bond motifs is 1. The molecule has 8 nitrogen and oxygen atoms in total. The normalized spacial score (nSPS) is 12.4. The third-order valence-electron chi connectivity index (χ3n) is 3.75. The number of rotatable bonds is 3. The Morgan fingerprint density at radius 2 is 2.25 bits per heavy atom. The van der Waals surface area contributed by atoms with Crippen molar-refractivity contribution in [3.8, 4) is 6.07 Å². The number of amides is 3. The number of aromatic amines is 1. The number of carbonyl (C=O) groups excluding carboxylic acids is 2. The van der Waals surface area contributed by atoms with Crippen molar-refractivity contribution in [2.45, 2.75) is 20.0 Å². The summed E-state index contributed by atoms with van der Waals surface area (Å²) < 4.78 is 0. The average Bonchev–Trinajstić information content (AvgIpc) is 3.17. The number of H-pyrrole nitrogens is 1. The molecular weight excluding hydrogens is 308 g/mol. The smallest absolute Gasteiger partial charge is 0.318 e. The molecule has 0 atom stereocenters. The molecule has 1 aromatic carbocycles. The summed E-state index contributed by atoms with van der Waals surface area (Å²) in [5.74, 6) is 0.0574. The fourth-order valence-corrected chi connectivity index (χ4v) is 2.56. The highest BCUT2D eigenvalue weighted by Crippen LogP contribution is 2.27. The third kappa shape index (κ3) is 2.92. The maximum atomic E-state index is 12.3. The number of urea groups is 1. The third-order valence-corrected chi connectivity index (χ3v) is 3.75. The highest BCUT2D eigenvalue weighted by Gasteiger charge is 2.28. The Morgan fingerprint density at radius 1 is 1.42 bits per heavy atom. The number of carbonyl (C=O) groups is 2. The molecule has 0 spiro atoms. The molecule has 1 aliphatic rings. The van der Waals surface area contributed by atoms with Gasteiger partial charge in [-0.25, -0.2) is 4.79 Å². The largest absolute Gasteiger partial charge is 0.338 e. The van der Waals surface area contributed by atoms with Gasteiger partial charge in [-0.05, 0) is 25.1 Å². The first-order valence-electron chi connectivity index (χ1n) is 7.52. The van der Waals surface area contributed by atoms with Crippen LogP contribution in [0.1, 0.15) is 34.1 Å². The lowest BCUT2D eigenvalue weighted by atomic mass is 10.1. The first-order chi connectivity index (χ1) is 11.6. The monoisotopic (exact) mass is 324 g/mol. The van der Waals surface area contributed by atoms with Crippen LogP contribution in [-0.2, 0) is 13.1 Å². The van der Waals surface area contributed by atoms with Crippen LogP contribution in [0.3, 0.4) is 0 Å². The van der Waals surface area contributed by atoms with E-state index in [2.05, 4.69) is 20.8 Å². The number of hydrogen-bond acceptors (Lipinski definition) is 4. The van der Waals surface area contributed by atoms with Crippen LogP contribution in [0, 0.1) is 11.3 Å². The number of anilines is 1. The summed E-state index contributed by atoms with van der Waals surface area (Å²) in [7, 11) is 0. The van der Waals surface area contributed by atoms with Crippen LogP contribution in [0.25, 0.3) is 0 Å². The maximum absolute atomic E-state index is 12.3. The molecular formula is C16H16N6O2. The Bertz CT molecular complexity index is 835. The lowest BCUT2D eigenvalue weighted by Crippen LogP contribution is -2.36. The number of aromatic nitrogens is 2. The van der Waals surface area contributed by atoms with Crippen LogP contribution in [0.4, 0.5) is 10.6 Å². The molecule has 2 aromatic rings. The van der Waals surface area contributed by atoms with Crippen molar-refractivity contribution < 1.29 is 9.59 Å². The highest BCUT2D eigenvalue weighted by atomic mass is 16.2. The Hall–Kier alpha value is -3.34. The molecule has 0 saturated carbocycles. The summed E-state index contributed by atoms with van der Waals surface area (Å²) in [6.07, 6.45) is 0. The second-order valence-electron chi connectivity index (χ2n) is 5.37. The fraction of sp³-hybridized carbons (Fsp3) is 0.250. The first kappa shape index (κ1) is 15.6. The predicted molar refractivity (Wildman–Crippen MR) is 86.0 cm³/mol. The second-order valence-corrected chi connectivity index (χ2v) is 5.37. The summed E-state index contributed by atoms with van der Waals surface area (Å²) in [6, 6.07) is 8.28. The van der Waals surface area contributed by atoms with Crippen LogP contribution < -0.4 is 10.6 Å². The van der Waals surface area contributed by atoms with Crippen molar-refractivity contribution in [3.05, 3.63) is 46.6 Å².